The van der Waals surface area contributed by atoms with Crippen molar-refractivity contribution < 1.29 is 9.59 Å². The van der Waals surface area contributed by atoms with Gasteiger partial charge in [0.15, 0.2) is 0 Å². The molecule has 2 aliphatic heterocycles. The van der Waals surface area contributed by atoms with Gasteiger partial charge in [0.2, 0.25) is 0 Å². The zero-order valence-electron chi connectivity index (χ0n) is 20.3. The summed E-state index contributed by atoms with van der Waals surface area (Å²) in [5.74, 6) is 1.73. The lowest BCUT2D eigenvalue weighted by atomic mass is 9.89. The third-order valence-corrected chi connectivity index (χ3v) is 8.39. The minimum Gasteiger partial charge on any atom is -0.345 e. The largest absolute Gasteiger partial charge is 0.345 e. The van der Waals surface area contributed by atoms with E-state index in [0.717, 1.165) is 54.8 Å². The first-order valence-electron chi connectivity index (χ1n) is 11.6. The molecule has 0 aromatic heterocycles. The van der Waals surface area contributed by atoms with E-state index in [-0.39, 0.29) is 11.8 Å². The van der Waals surface area contributed by atoms with Gasteiger partial charge in [-0.25, -0.2) is 0 Å². The molecule has 8 heteroatoms. The Balaban J connectivity index is 1.30. The Morgan fingerprint density at radius 2 is 1.85 bits per heavy atom. The quantitative estimate of drug-likeness (QED) is 0.463. The van der Waals surface area contributed by atoms with Crippen LogP contribution in [-0.4, -0.2) is 71.6 Å². The lowest BCUT2D eigenvalue weighted by Crippen LogP contribution is -2.47. The molecule has 4 rings (SSSR count). The summed E-state index contributed by atoms with van der Waals surface area (Å²) >= 11 is 3.54. The predicted molar refractivity (Wildman–Crippen MR) is 142 cm³/mol. The van der Waals surface area contributed by atoms with E-state index in [1.807, 2.05) is 36.2 Å². The van der Waals surface area contributed by atoms with Crippen LogP contribution >= 0.6 is 23.7 Å². The Labute approximate surface area is 210 Å². The van der Waals surface area contributed by atoms with Crippen molar-refractivity contribution in [3.63, 3.8) is 0 Å². The molecule has 1 saturated heterocycles. The monoisotopic (exact) mass is 496 g/mol. The number of nitrogens with one attached hydrogen (secondary N) is 1. The van der Waals surface area contributed by atoms with Gasteiger partial charge in [0, 0.05) is 49.0 Å². The van der Waals surface area contributed by atoms with Crippen LogP contribution in [0.2, 0.25) is 0 Å². The summed E-state index contributed by atoms with van der Waals surface area (Å²) in [6.07, 6.45) is 4.47. The number of nitrogens with zero attached hydrogens (tertiary/aromatic N) is 3. The first kappa shape index (κ1) is 24.8. The van der Waals surface area contributed by atoms with Crippen molar-refractivity contribution in [1.82, 2.24) is 14.5 Å². The molecule has 180 valence electrons. The summed E-state index contributed by atoms with van der Waals surface area (Å²) in [4.78, 5) is 32.7. The van der Waals surface area contributed by atoms with Crippen LogP contribution in [0, 0.1) is 6.92 Å². The van der Waals surface area contributed by atoms with E-state index in [9.17, 15) is 9.59 Å². The number of carbonyl (C=O) groups is 2. The maximum atomic E-state index is 12.8. The highest BCUT2D eigenvalue weighted by atomic mass is 32.2. The fraction of sp³-hybridized carbons (Fsp3) is 0.423. The number of amides is 2. The highest BCUT2D eigenvalue weighted by Crippen LogP contribution is 2.33. The van der Waals surface area contributed by atoms with Gasteiger partial charge in [0.05, 0.1) is 0 Å². The zero-order chi connectivity index (χ0) is 24.3. The van der Waals surface area contributed by atoms with Gasteiger partial charge in [-0.2, -0.15) is 0 Å². The number of benzene rings is 2. The second-order valence-corrected chi connectivity index (χ2v) is 11.1. The fourth-order valence-electron chi connectivity index (χ4n) is 4.38. The zero-order valence-corrected chi connectivity index (χ0v) is 21.9. The van der Waals surface area contributed by atoms with Gasteiger partial charge in [0.25, 0.3) is 11.8 Å². The highest BCUT2D eigenvalue weighted by Gasteiger charge is 2.45. The minimum absolute atomic E-state index is 0.0316. The summed E-state index contributed by atoms with van der Waals surface area (Å²) in [6, 6.07) is 14.2. The number of rotatable bonds is 7. The number of carbonyl (C=O) groups excluding carboxylic acids is 2. The topological polar surface area (TPSA) is 65.0 Å². The van der Waals surface area contributed by atoms with Crippen molar-refractivity contribution in [2.24, 2.45) is 4.99 Å². The third-order valence-electron chi connectivity index (χ3n) is 6.53. The molecule has 0 saturated carbocycles. The van der Waals surface area contributed by atoms with Gasteiger partial charge in [-0.15, -0.1) is 11.8 Å². The molecule has 6 nitrogen and oxygen atoms in total. The second-order valence-electron chi connectivity index (χ2n) is 9.03. The number of aryl methyl sites for hydroxylation is 2. The Morgan fingerprint density at radius 3 is 2.47 bits per heavy atom. The van der Waals surface area contributed by atoms with Crippen molar-refractivity contribution in [1.29, 1.82) is 0 Å². The lowest BCUT2D eigenvalue weighted by Gasteiger charge is -2.34. The summed E-state index contributed by atoms with van der Waals surface area (Å²) in [6.45, 7) is 3.76. The summed E-state index contributed by atoms with van der Waals surface area (Å²) < 4.78 is 2.36. The van der Waals surface area contributed by atoms with E-state index >= 15 is 0 Å². The molecule has 0 radical (unpaired) electrons. The molecule has 1 N–H and O–H groups in total. The average Bonchev–Trinajstić information content (AvgIpc) is 3.16. The number of thioether (sulfide) groups is 1. The van der Waals surface area contributed by atoms with Crippen LogP contribution in [0.15, 0.2) is 52.4 Å². The number of piperidine rings is 1. The van der Waals surface area contributed by atoms with Crippen LogP contribution in [-0.2, 0) is 11.2 Å². The normalized spacial score (nSPS) is 17.5. The van der Waals surface area contributed by atoms with Crippen LogP contribution < -0.4 is 5.32 Å². The lowest BCUT2D eigenvalue weighted by molar-refractivity contribution is -0.124. The Kier molecular flexibility index (Phi) is 7.70. The summed E-state index contributed by atoms with van der Waals surface area (Å²) in [5, 5.41) is 3.03. The molecule has 34 heavy (non-hydrogen) atoms. The number of hydrogen-bond donors (Lipinski definition) is 1. The average molecular weight is 497 g/mol. The van der Waals surface area contributed by atoms with Gasteiger partial charge in [-0.1, -0.05) is 30.1 Å². The molecule has 0 aliphatic carbocycles. The van der Waals surface area contributed by atoms with Crippen LogP contribution in [0.25, 0.3) is 0 Å². The van der Waals surface area contributed by atoms with E-state index in [1.54, 1.807) is 30.8 Å². The molecule has 0 bridgehead atoms. The molecule has 1 spiro atoms. The van der Waals surface area contributed by atoms with Crippen LogP contribution in [0.1, 0.15) is 39.9 Å². The highest BCUT2D eigenvalue weighted by molar-refractivity contribution is 7.98. The molecule has 1 fully saturated rings. The third kappa shape index (κ3) is 5.34. The molecule has 2 amide bonds. The van der Waals surface area contributed by atoms with E-state index < -0.39 is 5.54 Å². The van der Waals surface area contributed by atoms with Crippen LogP contribution in [0.3, 0.4) is 0 Å². The minimum atomic E-state index is -0.629. The maximum absolute atomic E-state index is 12.8. The molecule has 0 atom stereocenters. The van der Waals surface area contributed by atoms with Gasteiger partial charge in [-0.3, -0.25) is 18.9 Å². The summed E-state index contributed by atoms with van der Waals surface area (Å²) in [5.41, 5.74) is 3.49. The molecular formula is C26H32N4O2S2. The standard InChI is InChI=1S/C26H32N4O2S2/c1-18-17-21(24(31)29(2)3)6-5-19(18)11-16-34-30-14-12-26(13-15-30)25(32)27-23(28-26)20-7-9-22(33-4)10-8-20/h5-10,17H,11-16H2,1-4H3,(H,27,28,32). The van der Waals surface area contributed by atoms with Crippen molar-refractivity contribution in [3.8, 4) is 0 Å². The Bertz CT molecular complexity index is 1090. The number of amidine groups is 1. The van der Waals surface area contributed by atoms with E-state index in [4.69, 9.17) is 4.99 Å². The number of hydrogen-bond acceptors (Lipinski definition) is 6. The molecule has 2 aromatic rings. The van der Waals surface area contributed by atoms with Gasteiger partial charge in [-0.05, 0) is 67.8 Å². The van der Waals surface area contributed by atoms with E-state index in [1.165, 1.54) is 10.5 Å². The van der Waals surface area contributed by atoms with E-state index in [2.05, 4.69) is 41.0 Å². The summed E-state index contributed by atoms with van der Waals surface area (Å²) in [7, 11) is 3.55. The van der Waals surface area contributed by atoms with Crippen molar-refractivity contribution >= 4 is 41.4 Å². The molecule has 2 aromatic carbocycles. The predicted octanol–water partition coefficient (Wildman–Crippen LogP) is 4.02. The second kappa shape index (κ2) is 10.5. The maximum Gasteiger partial charge on any atom is 0.253 e. The molecule has 0 unspecified atom stereocenters. The van der Waals surface area contributed by atoms with Crippen LogP contribution in [0.5, 0.6) is 0 Å². The van der Waals surface area contributed by atoms with Gasteiger partial charge >= 0.3 is 0 Å². The van der Waals surface area contributed by atoms with Crippen molar-refractivity contribution in [2.75, 3.05) is 39.2 Å². The Morgan fingerprint density at radius 1 is 1.15 bits per heavy atom. The van der Waals surface area contributed by atoms with Gasteiger partial charge in [0.1, 0.15) is 11.4 Å². The molecule has 2 aliphatic rings. The van der Waals surface area contributed by atoms with Crippen molar-refractivity contribution in [3.05, 3.63) is 64.7 Å². The molecule has 2 heterocycles. The first-order valence-corrected chi connectivity index (χ1v) is 13.7. The first-order chi connectivity index (χ1) is 16.3. The van der Waals surface area contributed by atoms with Crippen molar-refractivity contribution in [2.45, 2.75) is 36.6 Å². The molecular weight excluding hydrogens is 464 g/mol. The fourth-order valence-corrected chi connectivity index (χ4v) is 5.80. The SMILES string of the molecule is CSc1ccc(C2=NC3(CCN(SCCc4ccc(C(=O)N(C)C)cc4C)CC3)C(=O)N2)cc1. The van der Waals surface area contributed by atoms with E-state index in [0.29, 0.717) is 5.84 Å². The van der Waals surface area contributed by atoms with Crippen LogP contribution in [0.4, 0.5) is 0 Å². The number of aliphatic imine (C=N–C) groups is 1. The smallest absolute Gasteiger partial charge is 0.253 e. The van der Waals surface area contributed by atoms with Gasteiger partial charge < -0.3 is 10.2 Å². The Hall–Kier alpha value is -2.29.